The van der Waals surface area contributed by atoms with E-state index in [0.29, 0.717) is 12.8 Å². The second-order valence-corrected chi connectivity index (χ2v) is 10.5. The maximum absolute atomic E-state index is 15.3. The first-order valence-corrected chi connectivity index (χ1v) is 11.7. The molecule has 194 valence electrons. The van der Waals surface area contributed by atoms with E-state index in [1.807, 2.05) is 0 Å². The lowest BCUT2D eigenvalue weighted by molar-refractivity contribution is -0.146. The number of hydrogen-bond donors (Lipinski definition) is 3. The number of rotatable bonds is 8. The van der Waals surface area contributed by atoms with Crippen molar-refractivity contribution in [2.24, 2.45) is 7.05 Å². The number of anilines is 1. The van der Waals surface area contributed by atoms with Crippen LogP contribution in [-0.2, 0) is 26.2 Å². The first-order valence-electron chi connectivity index (χ1n) is 11.7. The van der Waals surface area contributed by atoms with E-state index in [1.54, 1.807) is 34.0 Å². The minimum Gasteiger partial charge on any atom is -0.444 e. The summed E-state index contributed by atoms with van der Waals surface area (Å²) >= 11 is 0. The van der Waals surface area contributed by atoms with Crippen LogP contribution in [-0.4, -0.2) is 62.5 Å². The largest absolute Gasteiger partial charge is 0.444 e. The lowest BCUT2D eigenvalue weighted by atomic mass is 9.71. The van der Waals surface area contributed by atoms with Crippen molar-refractivity contribution >= 4 is 29.5 Å². The first kappa shape index (κ1) is 26.6. The molecule has 0 aliphatic heterocycles. The van der Waals surface area contributed by atoms with E-state index >= 15 is 4.39 Å². The Labute approximate surface area is 202 Å². The van der Waals surface area contributed by atoms with Crippen molar-refractivity contribution in [2.45, 2.75) is 94.7 Å². The third-order valence-electron chi connectivity index (χ3n) is 6.18. The van der Waals surface area contributed by atoms with E-state index in [0.717, 1.165) is 0 Å². The molecule has 10 nitrogen and oxygen atoms in total. The van der Waals surface area contributed by atoms with Crippen LogP contribution in [0.2, 0.25) is 0 Å². The summed E-state index contributed by atoms with van der Waals surface area (Å²) in [6.07, 6.45) is -0.158. The maximum atomic E-state index is 15.3. The molecule has 1 unspecified atom stereocenters. The molecule has 1 aromatic heterocycles. The summed E-state index contributed by atoms with van der Waals surface area (Å²) in [7, 11) is 1.62. The summed E-state index contributed by atoms with van der Waals surface area (Å²) in [5, 5.41) is 11.1. The fourth-order valence-electron chi connectivity index (χ4n) is 4.47. The van der Waals surface area contributed by atoms with Gasteiger partial charge in [0.2, 0.25) is 11.7 Å². The van der Waals surface area contributed by atoms with Gasteiger partial charge < -0.3 is 20.7 Å². The Morgan fingerprint density at radius 1 is 1.23 bits per heavy atom. The van der Waals surface area contributed by atoms with Crippen LogP contribution in [0.1, 0.15) is 65.7 Å². The summed E-state index contributed by atoms with van der Waals surface area (Å²) in [6.45, 7) is 4.91. The highest BCUT2D eigenvalue weighted by molar-refractivity contribution is 6.44. The van der Waals surface area contributed by atoms with Crippen LogP contribution in [0.25, 0.3) is 0 Å². The normalized spacial score (nSPS) is 24.1. The number of amides is 3. The molecule has 3 rings (SSSR count). The number of aromatic nitrogens is 2. The summed E-state index contributed by atoms with van der Waals surface area (Å²) < 4.78 is 35.8. The van der Waals surface area contributed by atoms with Gasteiger partial charge in [-0.3, -0.25) is 19.1 Å². The van der Waals surface area contributed by atoms with Gasteiger partial charge in [-0.15, -0.1) is 0 Å². The van der Waals surface area contributed by atoms with Gasteiger partial charge in [-0.25, -0.2) is 13.6 Å². The molecule has 2 aliphatic rings. The zero-order valence-electron chi connectivity index (χ0n) is 20.5. The van der Waals surface area contributed by atoms with Gasteiger partial charge >= 0.3 is 6.09 Å². The van der Waals surface area contributed by atoms with Crippen molar-refractivity contribution < 1.29 is 32.7 Å². The molecule has 1 aromatic rings. The van der Waals surface area contributed by atoms with Crippen LogP contribution in [0.3, 0.4) is 0 Å². The number of alkyl carbamates (subject to hydrolysis) is 1. The Morgan fingerprint density at radius 3 is 2.37 bits per heavy atom. The number of ether oxygens (including phenoxy) is 1. The highest BCUT2D eigenvalue weighted by Gasteiger charge is 2.55. The number of Topliss-reactive ketones (excluding diaryl/α,β-unsaturated/α-hetero) is 1. The minimum absolute atomic E-state index is 0.119. The van der Waals surface area contributed by atoms with Crippen molar-refractivity contribution in [3.63, 3.8) is 0 Å². The van der Waals surface area contributed by atoms with Crippen LogP contribution in [0.5, 0.6) is 0 Å². The number of aryl methyl sites for hydroxylation is 1. The smallest absolute Gasteiger partial charge is 0.408 e. The Bertz CT molecular complexity index is 977. The minimum atomic E-state index is -1.80. The lowest BCUT2D eigenvalue weighted by Crippen LogP contribution is -2.68. The van der Waals surface area contributed by atoms with Gasteiger partial charge in [-0.2, -0.15) is 5.10 Å². The van der Waals surface area contributed by atoms with Crippen molar-refractivity contribution in [2.75, 3.05) is 5.32 Å². The Morgan fingerprint density at radius 2 is 1.86 bits per heavy atom. The van der Waals surface area contributed by atoms with E-state index in [9.17, 15) is 23.6 Å². The van der Waals surface area contributed by atoms with Gasteiger partial charge in [0.05, 0.1) is 0 Å². The van der Waals surface area contributed by atoms with Crippen LogP contribution < -0.4 is 16.0 Å². The SMILES string of the molecule is Cn1ccc(NC(=O)C(=O)C2(NC(=O)C(CC3(F)CCCC3)NC(=O)OC(C)(C)C)CC(F)C2)n1. The van der Waals surface area contributed by atoms with E-state index in [4.69, 9.17) is 4.74 Å². The molecule has 1 atom stereocenters. The molecule has 2 aliphatic carbocycles. The summed E-state index contributed by atoms with van der Waals surface area (Å²) in [5.41, 5.74) is -4.34. The predicted molar refractivity (Wildman–Crippen MR) is 122 cm³/mol. The second-order valence-electron chi connectivity index (χ2n) is 10.5. The summed E-state index contributed by atoms with van der Waals surface area (Å²) in [4.78, 5) is 51.1. The number of alkyl halides is 2. The molecule has 0 aromatic carbocycles. The maximum Gasteiger partial charge on any atom is 0.408 e. The highest BCUT2D eigenvalue weighted by atomic mass is 19.1. The molecule has 1 heterocycles. The fraction of sp³-hybridized carbons (Fsp3) is 0.696. The molecule has 0 saturated heterocycles. The predicted octanol–water partition coefficient (Wildman–Crippen LogP) is 2.48. The van der Waals surface area contributed by atoms with E-state index in [-0.39, 0.29) is 25.1 Å². The van der Waals surface area contributed by atoms with E-state index in [2.05, 4.69) is 21.0 Å². The van der Waals surface area contributed by atoms with Crippen LogP contribution in [0, 0.1) is 0 Å². The monoisotopic (exact) mass is 497 g/mol. The zero-order chi connectivity index (χ0) is 26.0. The third kappa shape index (κ3) is 6.76. The molecular formula is C23H33F2N5O5. The molecule has 12 heteroatoms. The topological polar surface area (TPSA) is 131 Å². The third-order valence-corrected chi connectivity index (χ3v) is 6.18. The standard InChI is InChI=1S/C23H33F2N5O5/c1-21(2,3)35-20(34)26-15(13-22(25)8-5-6-9-22)18(32)28-23(11-14(24)12-23)17(31)19(33)27-16-7-10-30(4)29-16/h7,10,14-15H,5-6,8-9,11-13H2,1-4H3,(H,26,34)(H,28,32)(H,27,29,33). The van der Waals surface area contributed by atoms with Gasteiger partial charge in [0.25, 0.3) is 5.91 Å². The summed E-state index contributed by atoms with van der Waals surface area (Å²) in [5.74, 6) is -2.87. The Kier molecular flexibility index (Phi) is 7.51. The van der Waals surface area contributed by atoms with Crippen LogP contribution >= 0.6 is 0 Å². The second kappa shape index (κ2) is 9.90. The summed E-state index contributed by atoms with van der Waals surface area (Å²) in [6, 6.07) is 0.0910. The quantitative estimate of drug-likeness (QED) is 0.473. The number of ketones is 1. The molecule has 0 bridgehead atoms. The van der Waals surface area contributed by atoms with Gasteiger partial charge in [-0.1, -0.05) is 12.8 Å². The number of halogens is 2. The van der Waals surface area contributed by atoms with E-state index < -0.39 is 65.6 Å². The van der Waals surface area contributed by atoms with Gasteiger partial charge in [0.15, 0.2) is 5.82 Å². The molecule has 2 fully saturated rings. The van der Waals surface area contributed by atoms with Crippen LogP contribution in [0.4, 0.5) is 19.4 Å². The van der Waals surface area contributed by atoms with Gasteiger partial charge in [0.1, 0.15) is 29.0 Å². The molecule has 35 heavy (non-hydrogen) atoms. The fourth-order valence-corrected chi connectivity index (χ4v) is 4.47. The van der Waals surface area contributed by atoms with Crippen molar-refractivity contribution in [3.05, 3.63) is 12.3 Å². The van der Waals surface area contributed by atoms with Crippen molar-refractivity contribution in [3.8, 4) is 0 Å². The molecule has 3 N–H and O–H groups in total. The van der Waals surface area contributed by atoms with Crippen molar-refractivity contribution in [1.29, 1.82) is 0 Å². The molecular weight excluding hydrogens is 464 g/mol. The van der Waals surface area contributed by atoms with Crippen LogP contribution in [0.15, 0.2) is 12.3 Å². The van der Waals surface area contributed by atoms with Gasteiger partial charge in [-0.05, 0) is 33.6 Å². The number of carbonyl (C=O) groups excluding carboxylic acids is 4. The molecule has 3 amide bonds. The average Bonchev–Trinajstić information content (AvgIpc) is 3.31. The lowest BCUT2D eigenvalue weighted by Gasteiger charge is -2.43. The Balaban J connectivity index is 1.75. The molecule has 2 saturated carbocycles. The number of carbonyl (C=O) groups is 4. The van der Waals surface area contributed by atoms with Gasteiger partial charge in [0, 0.05) is 38.6 Å². The molecule has 0 radical (unpaired) electrons. The highest BCUT2D eigenvalue weighted by Crippen LogP contribution is 2.39. The number of hydrogen-bond acceptors (Lipinski definition) is 6. The number of nitrogens with one attached hydrogen (secondary N) is 3. The van der Waals surface area contributed by atoms with E-state index in [1.165, 1.54) is 10.7 Å². The average molecular weight is 498 g/mol. The van der Waals surface area contributed by atoms with Crippen molar-refractivity contribution in [1.82, 2.24) is 20.4 Å². The zero-order valence-corrected chi connectivity index (χ0v) is 20.5. The first-order chi connectivity index (χ1) is 16.2. The number of nitrogens with zero attached hydrogens (tertiary/aromatic N) is 2. The Hall–Kier alpha value is -3.05. The molecule has 0 spiro atoms.